The van der Waals surface area contributed by atoms with Crippen LogP contribution < -0.4 is 5.73 Å². The number of carbonyl (C=O) groups is 1. The van der Waals surface area contributed by atoms with Crippen LogP contribution in [0.3, 0.4) is 0 Å². The fraction of sp³-hybridized carbons (Fsp3) is 0.353. The summed E-state index contributed by atoms with van der Waals surface area (Å²) in [5.41, 5.74) is 8.28. The lowest BCUT2D eigenvalue weighted by Crippen LogP contribution is -2.18. The molecule has 8 nitrogen and oxygen atoms in total. The van der Waals surface area contributed by atoms with Gasteiger partial charge in [-0.05, 0) is 18.4 Å². The largest absolute Gasteiger partial charge is 0.382 e. The van der Waals surface area contributed by atoms with Crippen molar-refractivity contribution in [1.82, 2.24) is 24.7 Å². The molecule has 1 aliphatic rings. The number of hydrogen-bond donors (Lipinski definition) is 2. The average Bonchev–Trinajstić information content (AvgIpc) is 3.32. The van der Waals surface area contributed by atoms with Crippen LogP contribution in [0.2, 0.25) is 0 Å². The maximum atomic E-state index is 11.6. The van der Waals surface area contributed by atoms with Crippen molar-refractivity contribution in [2.75, 3.05) is 5.73 Å². The first-order valence-electron chi connectivity index (χ1n) is 8.19. The molecule has 0 aliphatic heterocycles. The summed E-state index contributed by atoms with van der Waals surface area (Å²) in [6.45, 7) is 0. The van der Waals surface area contributed by atoms with Crippen LogP contribution in [0.25, 0.3) is 22.3 Å². The number of hydrogen-bond acceptors (Lipinski definition) is 6. The summed E-state index contributed by atoms with van der Waals surface area (Å²) < 4.78 is 1.73. The number of nitrogen functional groups attached to an aromatic ring is 1. The molecule has 25 heavy (non-hydrogen) atoms. The zero-order valence-electron chi connectivity index (χ0n) is 13.5. The van der Waals surface area contributed by atoms with Gasteiger partial charge in [0.15, 0.2) is 5.82 Å². The summed E-state index contributed by atoms with van der Waals surface area (Å²) in [7, 11) is 0. The van der Waals surface area contributed by atoms with Gasteiger partial charge in [-0.2, -0.15) is 10.4 Å². The van der Waals surface area contributed by atoms with Gasteiger partial charge in [-0.15, -0.1) is 0 Å². The average molecular weight is 335 g/mol. The molecule has 2 atom stereocenters. The van der Waals surface area contributed by atoms with Crippen molar-refractivity contribution in [3.8, 4) is 17.3 Å². The highest BCUT2D eigenvalue weighted by Crippen LogP contribution is 2.36. The Labute approximate surface area is 143 Å². The van der Waals surface area contributed by atoms with Crippen LogP contribution in [0, 0.1) is 17.2 Å². The molecule has 1 fully saturated rings. The van der Waals surface area contributed by atoms with E-state index in [0.717, 1.165) is 17.5 Å². The number of nitriles is 1. The first-order valence-corrected chi connectivity index (χ1v) is 8.19. The van der Waals surface area contributed by atoms with Gasteiger partial charge >= 0.3 is 0 Å². The number of nitrogens with one attached hydrogen (secondary N) is 1. The zero-order valence-corrected chi connectivity index (χ0v) is 13.5. The molecule has 3 heterocycles. The van der Waals surface area contributed by atoms with E-state index < -0.39 is 0 Å². The molecule has 8 heteroatoms. The van der Waals surface area contributed by atoms with Crippen LogP contribution in [0.5, 0.6) is 0 Å². The minimum Gasteiger partial charge on any atom is -0.382 e. The van der Waals surface area contributed by atoms with E-state index in [0.29, 0.717) is 36.3 Å². The molecule has 3 N–H and O–H groups in total. The molecule has 3 aromatic rings. The number of nitrogens with zero attached hydrogens (tertiary/aromatic N) is 5. The third-order valence-electron chi connectivity index (χ3n) is 4.84. The Morgan fingerprint density at radius 3 is 3.12 bits per heavy atom. The minimum atomic E-state index is -0.156. The second-order valence-corrected chi connectivity index (χ2v) is 6.34. The van der Waals surface area contributed by atoms with Crippen molar-refractivity contribution in [3.05, 3.63) is 24.8 Å². The molecule has 1 aliphatic carbocycles. The Balaban J connectivity index is 1.75. The Bertz CT molecular complexity index is 980. The van der Waals surface area contributed by atoms with Gasteiger partial charge in [-0.25, -0.2) is 9.97 Å². The third kappa shape index (κ3) is 2.63. The molecule has 3 aromatic heterocycles. The van der Waals surface area contributed by atoms with Gasteiger partial charge in [0.25, 0.3) is 0 Å². The molecule has 0 radical (unpaired) electrons. The third-order valence-corrected chi connectivity index (χ3v) is 4.84. The first kappa shape index (κ1) is 15.3. The lowest BCUT2D eigenvalue weighted by molar-refractivity contribution is -0.117. The Hall–Kier alpha value is -3.21. The van der Waals surface area contributed by atoms with E-state index >= 15 is 0 Å². The van der Waals surface area contributed by atoms with E-state index in [1.165, 1.54) is 6.33 Å². The van der Waals surface area contributed by atoms with Crippen molar-refractivity contribution >= 4 is 22.6 Å². The van der Waals surface area contributed by atoms with Gasteiger partial charge in [0.2, 0.25) is 0 Å². The highest BCUT2D eigenvalue weighted by Gasteiger charge is 2.32. The van der Waals surface area contributed by atoms with Gasteiger partial charge in [0, 0.05) is 30.6 Å². The number of aromatic nitrogens is 5. The number of anilines is 1. The van der Waals surface area contributed by atoms with Crippen molar-refractivity contribution in [1.29, 1.82) is 5.26 Å². The SMILES string of the molecule is N#CC[C@H](C1CCC(=O)C1)n1cc(-c2ncnc3[nH]ccc23)c(N)n1. The number of aromatic amines is 1. The second-order valence-electron chi connectivity index (χ2n) is 6.34. The smallest absolute Gasteiger partial charge is 0.154 e. The molecule has 4 rings (SSSR count). The summed E-state index contributed by atoms with van der Waals surface area (Å²) in [5, 5.41) is 14.5. The van der Waals surface area contributed by atoms with Gasteiger partial charge < -0.3 is 10.7 Å². The standard InChI is InChI=1S/C17H17N7O/c18-5-3-14(10-1-2-11(25)7-10)24-8-13(16(19)23-24)15-12-4-6-20-17(12)22-9-21-15/h4,6,8-10,14H,1-3,7H2,(H2,19,23)(H,20,21,22)/t10?,14-/m1/s1. The Morgan fingerprint density at radius 2 is 2.36 bits per heavy atom. The molecular weight excluding hydrogens is 318 g/mol. The number of fused-ring (bicyclic) bond motifs is 1. The van der Waals surface area contributed by atoms with E-state index in [2.05, 4.69) is 26.1 Å². The zero-order chi connectivity index (χ0) is 17.4. The van der Waals surface area contributed by atoms with Gasteiger partial charge in [0.1, 0.15) is 17.8 Å². The fourth-order valence-corrected chi connectivity index (χ4v) is 3.59. The number of rotatable bonds is 4. The molecule has 126 valence electrons. The molecular formula is C17H17N7O. The maximum Gasteiger partial charge on any atom is 0.154 e. The number of carbonyl (C=O) groups excluding carboxylic acids is 1. The van der Waals surface area contributed by atoms with E-state index in [4.69, 9.17) is 5.73 Å². The van der Waals surface area contributed by atoms with Crippen molar-refractivity contribution in [2.45, 2.75) is 31.7 Å². The van der Waals surface area contributed by atoms with Crippen molar-refractivity contribution in [2.24, 2.45) is 5.92 Å². The molecule has 0 aromatic carbocycles. The van der Waals surface area contributed by atoms with E-state index in [9.17, 15) is 10.1 Å². The topological polar surface area (TPSA) is 126 Å². The Morgan fingerprint density at radius 1 is 1.48 bits per heavy atom. The molecule has 0 saturated heterocycles. The summed E-state index contributed by atoms with van der Waals surface area (Å²) in [4.78, 5) is 23.2. The van der Waals surface area contributed by atoms with E-state index in [-0.39, 0.29) is 17.7 Å². The summed E-state index contributed by atoms with van der Waals surface area (Å²) >= 11 is 0. The molecule has 0 amide bonds. The van der Waals surface area contributed by atoms with Crippen LogP contribution in [0.4, 0.5) is 5.82 Å². The van der Waals surface area contributed by atoms with Gasteiger partial charge in [-0.1, -0.05) is 0 Å². The van der Waals surface area contributed by atoms with Crippen LogP contribution >= 0.6 is 0 Å². The van der Waals surface area contributed by atoms with E-state index in [1.807, 2.05) is 12.3 Å². The van der Waals surface area contributed by atoms with Crippen molar-refractivity contribution in [3.63, 3.8) is 0 Å². The molecule has 1 unspecified atom stereocenters. The number of Topliss-reactive ketones (excluding diaryl/α,β-unsaturated/α-hetero) is 1. The summed E-state index contributed by atoms with van der Waals surface area (Å²) in [6.07, 6.45) is 7.26. The van der Waals surface area contributed by atoms with Gasteiger partial charge in [0.05, 0.1) is 29.8 Å². The normalized spacial score (nSPS) is 18.5. The van der Waals surface area contributed by atoms with Crippen LogP contribution in [0.1, 0.15) is 31.7 Å². The monoisotopic (exact) mass is 335 g/mol. The molecule has 0 spiro atoms. The second kappa shape index (κ2) is 6.02. The van der Waals surface area contributed by atoms with Crippen LogP contribution in [-0.2, 0) is 4.79 Å². The summed E-state index contributed by atoms with van der Waals surface area (Å²) in [5.74, 6) is 0.726. The van der Waals surface area contributed by atoms with Crippen LogP contribution in [-0.4, -0.2) is 30.5 Å². The number of H-pyrrole nitrogens is 1. The quantitative estimate of drug-likeness (QED) is 0.753. The summed E-state index contributed by atoms with van der Waals surface area (Å²) in [6, 6.07) is 3.94. The Kier molecular flexibility index (Phi) is 3.69. The number of nitrogens with two attached hydrogens (primary N) is 1. The highest BCUT2D eigenvalue weighted by atomic mass is 16.1. The lowest BCUT2D eigenvalue weighted by Gasteiger charge is -2.20. The molecule has 1 saturated carbocycles. The predicted octanol–water partition coefficient (Wildman–Crippen LogP) is 2.23. The maximum absolute atomic E-state index is 11.6. The van der Waals surface area contributed by atoms with Crippen LogP contribution in [0.15, 0.2) is 24.8 Å². The van der Waals surface area contributed by atoms with E-state index in [1.54, 1.807) is 10.9 Å². The fourth-order valence-electron chi connectivity index (χ4n) is 3.59. The lowest BCUT2D eigenvalue weighted by atomic mass is 9.96. The highest BCUT2D eigenvalue weighted by molar-refractivity contribution is 5.92. The van der Waals surface area contributed by atoms with Crippen molar-refractivity contribution < 1.29 is 4.79 Å². The van der Waals surface area contributed by atoms with Gasteiger partial charge in [-0.3, -0.25) is 9.48 Å². The number of ketones is 1. The molecule has 0 bridgehead atoms. The first-order chi connectivity index (χ1) is 12.2. The predicted molar refractivity (Wildman–Crippen MR) is 91.1 cm³/mol. The minimum absolute atomic E-state index is 0.122.